The van der Waals surface area contributed by atoms with Crippen molar-refractivity contribution in [1.29, 1.82) is 0 Å². The molecule has 5 heteroatoms. The third-order valence-corrected chi connectivity index (χ3v) is 8.13. The highest BCUT2D eigenvalue weighted by Gasteiger charge is 2.31. The molecule has 1 fully saturated rings. The molecule has 0 saturated heterocycles. The molecule has 1 saturated carbocycles. The Morgan fingerprint density at radius 3 is 2.16 bits per heavy atom. The number of rotatable bonds is 11. The van der Waals surface area contributed by atoms with Crippen LogP contribution in [-0.4, -0.2) is 34.6 Å². The Kier molecular flexibility index (Phi) is 10.2. The van der Waals surface area contributed by atoms with Gasteiger partial charge in [0.05, 0.1) is 5.75 Å². The van der Waals surface area contributed by atoms with Crippen LogP contribution in [0.25, 0.3) is 0 Å². The van der Waals surface area contributed by atoms with E-state index in [0.717, 1.165) is 42.6 Å². The summed E-state index contributed by atoms with van der Waals surface area (Å²) >= 11 is 1.62. The quantitative estimate of drug-likeness (QED) is 0.326. The second kappa shape index (κ2) is 14.0. The van der Waals surface area contributed by atoms with Crippen molar-refractivity contribution >= 4 is 23.6 Å². The Bertz CT molecular complexity index is 1130. The molecule has 2 amide bonds. The fraction of sp³-hybridized carbons (Fsp3) is 0.375. The normalized spacial score (nSPS) is 14.6. The molecule has 3 aromatic rings. The summed E-state index contributed by atoms with van der Waals surface area (Å²) in [5.41, 5.74) is 4.57. The molecule has 1 aliphatic carbocycles. The number of carbonyl (C=O) groups is 2. The lowest BCUT2D eigenvalue weighted by Gasteiger charge is -2.33. The van der Waals surface area contributed by atoms with Gasteiger partial charge in [-0.25, -0.2) is 0 Å². The van der Waals surface area contributed by atoms with Crippen LogP contribution in [0.1, 0.15) is 54.4 Å². The highest BCUT2D eigenvalue weighted by Crippen LogP contribution is 2.22. The van der Waals surface area contributed by atoms with Crippen LogP contribution in [0.2, 0.25) is 0 Å². The molecule has 1 unspecified atom stereocenters. The van der Waals surface area contributed by atoms with E-state index in [2.05, 4.69) is 24.4 Å². The van der Waals surface area contributed by atoms with Gasteiger partial charge in [-0.15, -0.1) is 11.8 Å². The van der Waals surface area contributed by atoms with Crippen molar-refractivity contribution in [1.82, 2.24) is 10.2 Å². The number of amides is 2. The average Bonchev–Trinajstić information content (AvgIpc) is 2.93. The summed E-state index contributed by atoms with van der Waals surface area (Å²) in [6, 6.07) is 28.0. The van der Waals surface area contributed by atoms with E-state index in [9.17, 15) is 9.59 Å². The zero-order chi connectivity index (χ0) is 25.9. The number of nitrogens with one attached hydrogen (secondary N) is 1. The van der Waals surface area contributed by atoms with Gasteiger partial charge in [0.2, 0.25) is 11.8 Å². The van der Waals surface area contributed by atoms with Gasteiger partial charge in [0.1, 0.15) is 6.04 Å². The molecule has 0 spiro atoms. The molecule has 1 N–H and O–H groups in total. The van der Waals surface area contributed by atoms with Gasteiger partial charge in [0.25, 0.3) is 0 Å². The Morgan fingerprint density at radius 2 is 1.49 bits per heavy atom. The van der Waals surface area contributed by atoms with E-state index in [1.165, 1.54) is 17.5 Å². The number of benzene rings is 3. The Hall–Kier alpha value is -3.05. The molecule has 0 aromatic heterocycles. The molecular formula is C32H38N2O2S. The topological polar surface area (TPSA) is 49.4 Å². The summed E-state index contributed by atoms with van der Waals surface area (Å²) in [6.45, 7) is 2.52. The molecule has 194 valence electrons. The van der Waals surface area contributed by atoms with Gasteiger partial charge in [-0.1, -0.05) is 104 Å². The van der Waals surface area contributed by atoms with E-state index >= 15 is 0 Å². The number of aryl methyl sites for hydroxylation is 1. The van der Waals surface area contributed by atoms with E-state index in [4.69, 9.17) is 0 Å². The van der Waals surface area contributed by atoms with Gasteiger partial charge in [-0.2, -0.15) is 0 Å². The van der Waals surface area contributed by atoms with E-state index in [1.807, 2.05) is 77.7 Å². The Labute approximate surface area is 225 Å². The number of nitrogens with zero attached hydrogens (tertiary/aromatic N) is 1. The number of hydrogen-bond donors (Lipinski definition) is 1. The molecule has 4 nitrogen and oxygen atoms in total. The molecule has 3 aromatic carbocycles. The minimum Gasteiger partial charge on any atom is -0.352 e. The SMILES string of the molecule is Cc1ccccc1CSCC(=O)N(Cc1ccccc1)C(Cc1ccccc1)C(=O)NC1CCCCC1. The van der Waals surface area contributed by atoms with Crippen LogP contribution in [0.5, 0.6) is 0 Å². The molecule has 37 heavy (non-hydrogen) atoms. The van der Waals surface area contributed by atoms with Crippen molar-refractivity contribution in [3.8, 4) is 0 Å². The van der Waals surface area contributed by atoms with Crippen LogP contribution >= 0.6 is 11.8 Å². The molecule has 0 radical (unpaired) electrons. The predicted octanol–water partition coefficient (Wildman–Crippen LogP) is 6.32. The third kappa shape index (κ3) is 8.22. The first-order valence-electron chi connectivity index (χ1n) is 13.4. The minimum absolute atomic E-state index is 0.00200. The lowest BCUT2D eigenvalue weighted by Crippen LogP contribution is -2.53. The van der Waals surface area contributed by atoms with Crippen LogP contribution < -0.4 is 5.32 Å². The lowest BCUT2D eigenvalue weighted by molar-refractivity contribution is -0.139. The van der Waals surface area contributed by atoms with Gasteiger partial charge in [-0.3, -0.25) is 9.59 Å². The average molecular weight is 515 g/mol. The van der Waals surface area contributed by atoms with Gasteiger partial charge in [0, 0.05) is 24.8 Å². The van der Waals surface area contributed by atoms with Crippen molar-refractivity contribution in [2.45, 2.75) is 69.8 Å². The van der Waals surface area contributed by atoms with Crippen molar-refractivity contribution in [2.24, 2.45) is 0 Å². The first-order chi connectivity index (χ1) is 18.1. The fourth-order valence-electron chi connectivity index (χ4n) is 4.98. The third-order valence-electron chi connectivity index (χ3n) is 7.16. The summed E-state index contributed by atoms with van der Waals surface area (Å²) < 4.78 is 0. The summed E-state index contributed by atoms with van der Waals surface area (Å²) in [6.07, 6.45) is 6.06. The summed E-state index contributed by atoms with van der Waals surface area (Å²) in [5, 5.41) is 3.31. The van der Waals surface area contributed by atoms with Crippen molar-refractivity contribution in [3.05, 3.63) is 107 Å². The fourth-order valence-corrected chi connectivity index (χ4v) is 5.97. The van der Waals surface area contributed by atoms with E-state index in [1.54, 1.807) is 11.8 Å². The smallest absolute Gasteiger partial charge is 0.243 e. The van der Waals surface area contributed by atoms with Gasteiger partial charge < -0.3 is 10.2 Å². The second-order valence-corrected chi connectivity index (χ2v) is 11.0. The highest BCUT2D eigenvalue weighted by molar-refractivity contribution is 7.99. The molecule has 4 rings (SSSR count). The standard InChI is InChI=1S/C32H38N2O2S/c1-25-13-11-12-18-28(25)23-37-24-31(35)34(22-27-16-7-3-8-17-27)30(21-26-14-5-2-6-15-26)32(36)33-29-19-9-4-10-20-29/h2-3,5-8,11-18,29-30H,4,9-10,19-24H2,1H3,(H,33,36). The largest absolute Gasteiger partial charge is 0.352 e. The zero-order valence-corrected chi connectivity index (χ0v) is 22.6. The lowest BCUT2D eigenvalue weighted by atomic mass is 9.94. The summed E-state index contributed by atoms with van der Waals surface area (Å²) in [4.78, 5) is 29.4. The van der Waals surface area contributed by atoms with Crippen LogP contribution in [0, 0.1) is 6.92 Å². The van der Waals surface area contributed by atoms with Gasteiger partial charge in [0.15, 0.2) is 0 Å². The molecule has 0 bridgehead atoms. The van der Waals surface area contributed by atoms with Crippen molar-refractivity contribution in [3.63, 3.8) is 0 Å². The maximum absolute atomic E-state index is 13.8. The van der Waals surface area contributed by atoms with Crippen LogP contribution in [0.15, 0.2) is 84.9 Å². The second-order valence-electron chi connectivity index (χ2n) is 9.98. The summed E-state index contributed by atoms with van der Waals surface area (Å²) in [5.74, 6) is 1.07. The number of hydrogen-bond acceptors (Lipinski definition) is 3. The predicted molar refractivity (Wildman–Crippen MR) is 153 cm³/mol. The van der Waals surface area contributed by atoms with Gasteiger partial charge >= 0.3 is 0 Å². The van der Waals surface area contributed by atoms with Gasteiger partial charge in [-0.05, 0) is 42.0 Å². The van der Waals surface area contributed by atoms with E-state index in [-0.39, 0.29) is 17.9 Å². The maximum atomic E-state index is 13.8. The maximum Gasteiger partial charge on any atom is 0.243 e. The zero-order valence-electron chi connectivity index (χ0n) is 21.8. The molecular weight excluding hydrogens is 476 g/mol. The first kappa shape index (κ1) is 27.0. The Balaban J connectivity index is 1.55. The molecule has 1 aliphatic rings. The van der Waals surface area contributed by atoms with Crippen LogP contribution in [-0.2, 0) is 28.3 Å². The monoisotopic (exact) mass is 514 g/mol. The molecule has 0 aliphatic heterocycles. The molecule has 1 atom stereocenters. The Morgan fingerprint density at radius 1 is 0.865 bits per heavy atom. The first-order valence-corrected chi connectivity index (χ1v) is 14.6. The van der Waals surface area contributed by atoms with E-state index < -0.39 is 6.04 Å². The highest BCUT2D eigenvalue weighted by atomic mass is 32.2. The number of carbonyl (C=O) groups excluding carboxylic acids is 2. The van der Waals surface area contributed by atoms with E-state index in [0.29, 0.717) is 18.7 Å². The van der Waals surface area contributed by atoms with Crippen molar-refractivity contribution in [2.75, 3.05) is 5.75 Å². The molecule has 0 heterocycles. The minimum atomic E-state index is -0.559. The van der Waals surface area contributed by atoms with Crippen LogP contribution in [0.3, 0.4) is 0 Å². The van der Waals surface area contributed by atoms with Crippen LogP contribution in [0.4, 0.5) is 0 Å². The summed E-state index contributed by atoms with van der Waals surface area (Å²) in [7, 11) is 0. The number of thioether (sulfide) groups is 1. The van der Waals surface area contributed by atoms with Crippen molar-refractivity contribution < 1.29 is 9.59 Å².